The van der Waals surface area contributed by atoms with Crippen molar-refractivity contribution in [3.05, 3.63) is 95.5 Å². The first-order valence-corrected chi connectivity index (χ1v) is 10.9. The lowest BCUT2D eigenvalue weighted by Gasteiger charge is -2.29. The second kappa shape index (κ2) is 10.7. The van der Waals surface area contributed by atoms with E-state index in [0.29, 0.717) is 36.8 Å². The molecule has 0 atom stereocenters. The summed E-state index contributed by atoms with van der Waals surface area (Å²) in [6, 6.07) is 10.6. The predicted molar refractivity (Wildman–Crippen MR) is 122 cm³/mol. The van der Waals surface area contributed by atoms with Gasteiger partial charge in [0.1, 0.15) is 0 Å². The fourth-order valence-corrected chi connectivity index (χ4v) is 4.09. The molecule has 0 saturated heterocycles. The van der Waals surface area contributed by atoms with Crippen LogP contribution in [0.4, 0.5) is 17.6 Å². The van der Waals surface area contributed by atoms with E-state index in [1.165, 1.54) is 7.11 Å². The van der Waals surface area contributed by atoms with Crippen molar-refractivity contribution in [3.63, 3.8) is 0 Å². The van der Waals surface area contributed by atoms with Crippen LogP contribution < -0.4 is 0 Å². The van der Waals surface area contributed by atoms with Gasteiger partial charge in [-0.25, -0.2) is 8.78 Å². The third-order valence-electron chi connectivity index (χ3n) is 6.18. The lowest BCUT2D eigenvalue weighted by atomic mass is 9.78. The Morgan fingerprint density at radius 2 is 1.48 bits per heavy atom. The quantitative estimate of drug-likeness (QED) is 0.225. The summed E-state index contributed by atoms with van der Waals surface area (Å²) in [5, 5.41) is 0. The Morgan fingerprint density at radius 3 is 2.09 bits per heavy atom. The minimum Gasteiger partial charge on any atom is -0.494 e. The Labute approximate surface area is 192 Å². The molecule has 0 aromatic heterocycles. The summed E-state index contributed by atoms with van der Waals surface area (Å²) < 4.78 is 67.3. The van der Waals surface area contributed by atoms with Gasteiger partial charge in [0.25, 0.3) is 0 Å². The second-order valence-electron chi connectivity index (χ2n) is 8.40. The van der Waals surface area contributed by atoms with Crippen LogP contribution in [-0.2, 0) is 9.47 Å². The van der Waals surface area contributed by atoms with E-state index in [1.807, 2.05) is 19.1 Å². The van der Waals surface area contributed by atoms with Gasteiger partial charge in [-0.1, -0.05) is 55.1 Å². The van der Waals surface area contributed by atoms with Crippen LogP contribution in [0.25, 0.3) is 11.1 Å². The summed E-state index contributed by atoms with van der Waals surface area (Å²) in [5.74, 6) is -5.03. The third kappa shape index (κ3) is 5.67. The van der Waals surface area contributed by atoms with Crippen LogP contribution in [0.5, 0.6) is 0 Å². The number of allylic oxidation sites excluding steroid dienone is 2. The molecule has 0 unspecified atom stereocenters. The van der Waals surface area contributed by atoms with Crippen LogP contribution >= 0.6 is 0 Å². The van der Waals surface area contributed by atoms with Crippen molar-refractivity contribution in [1.82, 2.24) is 0 Å². The number of methoxy groups -OCH3 is 1. The number of hydrogen-bond donors (Lipinski definition) is 0. The van der Waals surface area contributed by atoms with Crippen molar-refractivity contribution < 1.29 is 27.0 Å². The Morgan fingerprint density at radius 1 is 0.879 bits per heavy atom. The van der Waals surface area contributed by atoms with E-state index >= 15 is 0 Å². The average molecular weight is 461 g/mol. The fourth-order valence-electron chi connectivity index (χ4n) is 4.09. The standard InChI is InChI=1S/C27H28F4O2/c1-16-5-9-20(10-6-16)22-13-14-23(27(31)26(22)30)21-11-7-19(8-12-21)15-33-18(3)25(29)24(28)17(2)32-4/h5-6,9-10,13-14,19,21H,2-3,7-8,11-12,15H2,1,4H3/b25-24-. The van der Waals surface area contributed by atoms with Gasteiger partial charge in [-0.05, 0) is 55.6 Å². The molecule has 176 valence electrons. The highest BCUT2D eigenvalue weighted by Gasteiger charge is 2.27. The van der Waals surface area contributed by atoms with Gasteiger partial charge in [0.2, 0.25) is 11.7 Å². The molecule has 0 amide bonds. The number of ether oxygens (including phenoxy) is 2. The maximum absolute atomic E-state index is 14.9. The van der Waals surface area contributed by atoms with Crippen molar-refractivity contribution in [2.75, 3.05) is 13.7 Å². The van der Waals surface area contributed by atoms with Crippen LogP contribution in [-0.4, -0.2) is 13.7 Å². The summed E-state index contributed by atoms with van der Waals surface area (Å²) in [7, 11) is 1.18. The van der Waals surface area contributed by atoms with Gasteiger partial charge in [0, 0.05) is 5.56 Å². The summed E-state index contributed by atoms with van der Waals surface area (Å²) in [6.07, 6.45) is 2.68. The maximum atomic E-state index is 14.9. The molecule has 2 aromatic carbocycles. The number of hydrogen-bond acceptors (Lipinski definition) is 2. The maximum Gasteiger partial charge on any atom is 0.203 e. The number of rotatable bonds is 8. The first kappa shape index (κ1) is 24.6. The monoisotopic (exact) mass is 460 g/mol. The van der Waals surface area contributed by atoms with Gasteiger partial charge in [-0.3, -0.25) is 0 Å². The van der Waals surface area contributed by atoms with E-state index in [9.17, 15) is 17.6 Å². The van der Waals surface area contributed by atoms with E-state index in [4.69, 9.17) is 4.74 Å². The van der Waals surface area contributed by atoms with E-state index < -0.39 is 34.8 Å². The molecule has 3 rings (SSSR count). The lowest BCUT2D eigenvalue weighted by molar-refractivity contribution is 0.135. The largest absolute Gasteiger partial charge is 0.494 e. The molecule has 2 nitrogen and oxygen atoms in total. The van der Waals surface area contributed by atoms with E-state index in [1.54, 1.807) is 24.3 Å². The van der Waals surface area contributed by atoms with E-state index in [0.717, 1.165) is 5.56 Å². The first-order chi connectivity index (χ1) is 15.7. The molecule has 0 heterocycles. The summed E-state index contributed by atoms with van der Waals surface area (Å²) >= 11 is 0. The topological polar surface area (TPSA) is 18.5 Å². The molecule has 1 saturated carbocycles. The van der Waals surface area contributed by atoms with Gasteiger partial charge in [-0.15, -0.1) is 0 Å². The minimum absolute atomic E-state index is 0.0826. The molecule has 1 aliphatic rings. The molecule has 33 heavy (non-hydrogen) atoms. The second-order valence-corrected chi connectivity index (χ2v) is 8.40. The number of benzene rings is 2. The Hall–Kier alpha value is -3.02. The van der Waals surface area contributed by atoms with Crippen LogP contribution in [0.2, 0.25) is 0 Å². The zero-order chi connectivity index (χ0) is 24.1. The molecule has 2 aromatic rings. The van der Waals surface area contributed by atoms with Gasteiger partial charge >= 0.3 is 0 Å². The summed E-state index contributed by atoms with van der Waals surface area (Å²) in [4.78, 5) is 0. The molecular weight excluding hydrogens is 432 g/mol. The molecule has 0 radical (unpaired) electrons. The molecule has 0 N–H and O–H groups in total. The fraction of sp³-hybridized carbons (Fsp3) is 0.333. The summed E-state index contributed by atoms with van der Waals surface area (Å²) in [6.45, 7) is 8.77. The molecule has 6 heteroatoms. The predicted octanol–water partition coefficient (Wildman–Crippen LogP) is 8.06. The highest BCUT2D eigenvalue weighted by Crippen LogP contribution is 2.39. The Kier molecular flexibility index (Phi) is 8.01. The smallest absolute Gasteiger partial charge is 0.203 e. The molecule has 1 fully saturated rings. The normalized spacial score (nSPS) is 19.0. The zero-order valence-corrected chi connectivity index (χ0v) is 18.9. The van der Waals surface area contributed by atoms with Gasteiger partial charge in [0.05, 0.1) is 13.7 Å². The zero-order valence-electron chi connectivity index (χ0n) is 18.9. The van der Waals surface area contributed by atoms with E-state index in [-0.39, 0.29) is 24.0 Å². The minimum atomic E-state index is -1.25. The van der Waals surface area contributed by atoms with Crippen molar-refractivity contribution in [1.29, 1.82) is 0 Å². The van der Waals surface area contributed by atoms with Crippen LogP contribution in [0.3, 0.4) is 0 Å². The number of aryl methyl sites for hydroxylation is 1. The Bertz CT molecular complexity index is 1050. The van der Waals surface area contributed by atoms with E-state index in [2.05, 4.69) is 17.9 Å². The van der Waals surface area contributed by atoms with Gasteiger partial charge < -0.3 is 9.47 Å². The molecule has 0 spiro atoms. The van der Waals surface area contributed by atoms with Crippen LogP contribution in [0.15, 0.2) is 72.7 Å². The SMILES string of the molecule is C=C(OC)/C(F)=C(/F)C(=C)OCC1CCC(c2ccc(-c3ccc(C)cc3)c(F)c2F)CC1. The Balaban J connectivity index is 1.60. The number of halogens is 4. The highest BCUT2D eigenvalue weighted by atomic mass is 19.2. The van der Waals surface area contributed by atoms with Gasteiger partial charge in [0.15, 0.2) is 23.2 Å². The van der Waals surface area contributed by atoms with Crippen molar-refractivity contribution in [2.24, 2.45) is 5.92 Å². The molecule has 0 bridgehead atoms. The lowest BCUT2D eigenvalue weighted by Crippen LogP contribution is -2.19. The van der Waals surface area contributed by atoms with Crippen molar-refractivity contribution in [3.8, 4) is 11.1 Å². The summed E-state index contributed by atoms with van der Waals surface area (Å²) in [5.41, 5.74) is 2.30. The molecular formula is C27H28F4O2. The van der Waals surface area contributed by atoms with Crippen molar-refractivity contribution >= 4 is 0 Å². The van der Waals surface area contributed by atoms with Crippen LogP contribution in [0.1, 0.15) is 42.7 Å². The highest BCUT2D eigenvalue weighted by molar-refractivity contribution is 5.65. The molecule has 1 aliphatic carbocycles. The van der Waals surface area contributed by atoms with Crippen molar-refractivity contribution in [2.45, 2.75) is 38.5 Å². The third-order valence-corrected chi connectivity index (χ3v) is 6.18. The van der Waals surface area contributed by atoms with Gasteiger partial charge in [-0.2, -0.15) is 8.78 Å². The average Bonchev–Trinajstić information content (AvgIpc) is 2.83. The molecule has 0 aliphatic heterocycles. The van der Waals surface area contributed by atoms with Crippen LogP contribution in [0, 0.1) is 24.5 Å². The first-order valence-electron chi connectivity index (χ1n) is 10.9.